The summed E-state index contributed by atoms with van der Waals surface area (Å²) in [7, 11) is 0. The number of nitrogens with zero attached hydrogens (tertiary/aromatic N) is 2. The van der Waals surface area contributed by atoms with E-state index in [4.69, 9.17) is 11.6 Å². The predicted octanol–water partition coefficient (Wildman–Crippen LogP) is 4.83. The van der Waals surface area contributed by atoms with Crippen LogP contribution in [0.15, 0.2) is 54.6 Å². The highest BCUT2D eigenvalue weighted by atomic mass is 35.5. The molecule has 1 amide bonds. The number of likely N-dealkylation sites (tertiary alicyclic amines) is 1. The molecule has 2 fully saturated rings. The van der Waals surface area contributed by atoms with Crippen LogP contribution in [0.5, 0.6) is 0 Å². The van der Waals surface area contributed by atoms with Crippen molar-refractivity contribution in [3.8, 4) is 0 Å². The second kappa shape index (κ2) is 8.44. The number of piperidine rings is 1. The lowest BCUT2D eigenvalue weighted by atomic mass is 9.96. The number of fused-ring (bicyclic) bond motifs is 1. The second-order valence-corrected chi connectivity index (χ2v) is 9.18. The van der Waals surface area contributed by atoms with Gasteiger partial charge in [-0.3, -0.25) is 9.69 Å². The molecule has 2 heterocycles. The third-order valence-electron chi connectivity index (χ3n) is 6.42. The first-order chi connectivity index (χ1) is 14.7. The summed E-state index contributed by atoms with van der Waals surface area (Å²) >= 11 is 6.07. The fourth-order valence-corrected chi connectivity index (χ4v) is 4.61. The van der Waals surface area contributed by atoms with Gasteiger partial charge in [-0.15, -0.1) is 0 Å². The minimum Gasteiger partial charge on any atom is -0.353 e. The largest absolute Gasteiger partial charge is 0.353 e. The molecule has 156 valence electrons. The molecule has 1 saturated carbocycles. The van der Waals surface area contributed by atoms with E-state index in [-0.39, 0.29) is 11.8 Å². The summed E-state index contributed by atoms with van der Waals surface area (Å²) in [4.78, 5) is 14.9. The van der Waals surface area contributed by atoms with E-state index in [1.165, 1.54) is 22.2 Å². The smallest absolute Gasteiger partial charge is 0.223 e. The van der Waals surface area contributed by atoms with Gasteiger partial charge in [0, 0.05) is 41.3 Å². The van der Waals surface area contributed by atoms with Crippen LogP contribution in [0.2, 0.25) is 5.02 Å². The van der Waals surface area contributed by atoms with Gasteiger partial charge in [-0.1, -0.05) is 41.9 Å². The molecule has 0 radical (unpaired) electrons. The molecule has 1 saturated heterocycles. The number of carbonyl (C=O) groups is 1. The number of nitrogens with one attached hydrogen (secondary N) is 1. The normalized spacial score (nSPS) is 18.0. The van der Waals surface area contributed by atoms with Crippen molar-refractivity contribution in [2.45, 2.75) is 44.8 Å². The Balaban J connectivity index is 1.30. The van der Waals surface area contributed by atoms with Crippen LogP contribution in [0.4, 0.5) is 0 Å². The lowest BCUT2D eigenvalue weighted by Gasteiger charge is -2.31. The molecule has 3 aromatic rings. The molecule has 1 aliphatic heterocycles. The van der Waals surface area contributed by atoms with Gasteiger partial charge >= 0.3 is 0 Å². The summed E-state index contributed by atoms with van der Waals surface area (Å²) in [6.07, 6.45) is 4.22. The molecule has 4 nitrogen and oxygen atoms in total. The molecule has 1 aromatic heterocycles. The van der Waals surface area contributed by atoms with Gasteiger partial charge in [-0.2, -0.15) is 0 Å². The van der Waals surface area contributed by atoms with Crippen molar-refractivity contribution in [3.05, 3.63) is 70.9 Å². The lowest BCUT2D eigenvalue weighted by molar-refractivity contribution is -0.126. The molecule has 0 spiro atoms. The number of amides is 1. The van der Waals surface area contributed by atoms with E-state index in [0.29, 0.717) is 6.04 Å². The Morgan fingerprint density at radius 3 is 2.43 bits per heavy atom. The summed E-state index contributed by atoms with van der Waals surface area (Å²) in [6.45, 7) is 3.70. The SMILES string of the molecule is O=C(NC1CC1)C1CCN(Cc2cc3ccccc3n2Cc2ccc(Cl)cc2)CC1. The maximum Gasteiger partial charge on any atom is 0.223 e. The first-order valence-corrected chi connectivity index (χ1v) is 11.4. The summed E-state index contributed by atoms with van der Waals surface area (Å²) < 4.78 is 2.42. The number of benzene rings is 2. The number of rotatable bonds is 6. The van der Waals surface area contributed by atoms with Crippen molar-refractivity contribution in [2.24, 2.45) is 5.92 Å². The van der Waals surface area contributed by atoms with Gasteiger partial charge in [0.15, 0.2) is 0 Å². The number of para-hydroxylation sites is 1. The zero-order chi connectivity index (χ0) is 20.5. The Morgan fingerprint density at radius 1 is 0.967 bits per heavy atom. The first kappa shape index (κ1) is 19.7. The van der Waals surface area contributed by atoms with Gasteiger partial charge in [-0.25, -0.2) is 0 Å². The van der Waals surface area contributed by atoms with Crippen LogP contribution in [0, 0.1) is 5.92 Å². The number of halogens is 1. The van der Waals surface area contributed by atoms with Gasteiger partial charge in [0.25, 0.3) is 0 Å². The van der Waals surface area contributed by atoms with Crippen LogP contribution in [0.3, 0.4) is 0 Å². The van der Waals surface area contributed by atoms with E-state index in [1.54, 1.807) is 0 Å². The van der Waals surface area contributed by atoms with E-state index in [9.17, 15) is 4.79 Å². The number of aromatic nitrogens is 1. The topological polar surface area (TPSA) is 37.3 Å². The van der Waals surface area contributed by atoms with Crippen molar-refractivity contribution in [1.82, 2.24) is 14.8 Å². The highest BCUT2D eigenvalue weighted by molar-refractivity contribution is 6.30. The van der Waals surface area contributed by atoms with Gasteiger partial charge in [0.1, 0.15) is 0 Å². The third-order valence-corrected chi connectivity index (χ3v) is 6.67. The number of carbonyl (C=O) groups excluding carboxylic acids is 1. The molecule has 1 aliphatic carbocycles. The highest BCUT2D eigenvalue weighted by Gasteiger charge is 2.30. The van der Waals surface area contributed by atoms with Crippen molar-refractivity contribution < 1.29 is 4.79 Å². The van der Waals surface area contributed by atoms with E-state index in [1.807, 2.05) is 12.1 Å². The Bertz CT molecular complexity index is 1030. The standard InChI is InChI=1S/C25H28ClN3O/c26-21-7-5-18(6-8-21)16-29-23(15-20-3-1-2-4-24(20)29)17-28-13-11-19(12-14-28)25(30)27-22-9-10-22/h1-8,15,19,22H,9-14,16-17H2,(H,27,30). The van der Waals surface area contributed by atoms with Gasteiger partial charge < -0.3 is 9.88 Å². The van der Waals surface area contributed by atoms with Crippen LogP contribution in [0.1, 0.15) is 36.9 Å². The van der Waals surface area contributed by atoms with Crippen LogP contribution >= 0.6 is 11.6 Å². The average molecular weight is 422 g/mol. The van der Waals surface area contributed by atoms with Crippen molar-refractivity contribution in [1.29, 1.82) is 0 Å². The molecule has 2 aliphatic rings. The molecule has 0 bridgehead atoms. The van der Waals surface area contributed by atoms with Crippen molar-refractivity contribution >= 4 is 28.4 Å². The minimum absolute atomic E-state index is 0.182. The molecule has 0 atom stereocenters. The molecular formula is C25H28ClN3O. The maximum atomic E-state index is 12.4. The molecule has 5 rings (SSSR count). The average Bonchev–Trinajstić information content (AvgIpc) is 3.51. The van der Waals surface area contributed by atoms with E-state index < -0.39 is 0 Å². The van der Waals surface area contributed by atoms with Gasteiger partial charge in [0.05, 0.1) is 0 Å². The van der Waals surface area contributed by atoms with E-state index in [2.05, 4.69) is 57.2 Å². The molecule has 5 heteroatoms. The molecular weight excluding hydrogens is 394 g/mol. The lowest BCUT2D eigenvalue weighted by Crippen LogP contribution is -2.41. The maximum absolute atomic E-state index is 12.4. The minimum atomic E-state index is 0.182. The van der Waals surface area contributed by atoms with Crippen molar-refractivity contribution in [2.75, 3.05) is 13.1 Å². The quantitative estimate of drug-likeness (QED) is 0.618. The molecule has 30 heavy (non-hydrogen) atoms. The fraction of sp³-hybridized carbons (Fsp3) is 0.400. The number of hydrogen-bond acceptors (Lipinski definition) is 2. The van der Waals surface area contributed by atoms with Crippen molar-refractivity contribution in [3.63, 3.8) is 0 Å². The zero-order valence-corrected chi connectivity index (χ0v) is 17.9. The van der Waals surface area contributed by atoms with Gasteiger partial charge in [0.2, 0.25) is 5.91 Å². The zero-order valence-electron chi connectivity index (χ0n) is 17.2. The fourth-order valence-electron chi connectivity index (χ4n) is 4.49. The van der Waals surface area contributed by atoms with Crippen LogP contribution in [-0.4, -0.2) is 34.5 Å². The van der Waals surface area contributed by atoms with Crippen LogP contribution < -0.4 is 5.32 Å². The summed E-state index contributed by atoms with van der Waals surface area (Å²) in [6, 6.07) is 19.5. The van der Waals surface area contributed by atoms with Crippen LogP contribution in [0.25, 0.3) is 10.9 Å². The Morgan fingerprint density at radius 2 is 1.70 bits per heavy atom. The Hall–Kier alpha value is -2.30. The highest BCUT2D eigenvalue weighted by Crippen LogP contribution is 2.26. The number of hydrogen-bond donors (Lipinski definition) is 1. The van der Waals surface area contributed by atoms with Gasteiger partial charge in [-0.05, 0) is 74.0 Å². The monoisotopic (exact) mass is 421 g/mol. The summed E-state index contributed by atoms with van der Waals surface area (Å²) in [5.41, 5.74) is 3.84. The Kier molecular flexibility index (Phi) is 5.53. The van der Waals surface area contributed by atoms with E-state index in [0.717, 1.165) is 56.9 Å². The third kappa shape index (κ3) is 4.40. The Labute approximate surface area is 182 Å². The predicted molar refractivity (Wildman–Crippen MR) is 122 cm³/mol. The first-order valence-electron chi connectivity index (χ1n) is 11.0. The van der Waals surface area contributed by atoms with E-state index >= 15 is 0 Å². The summed E-state index contributed by atoms with van der Waals surface area (Å²) in [5.74, 6) is 0.454. The second-order valence-electron chi connectivity index (χ2n) is 8.74. The molecule has 0 unspecified atom stereocenters. The molecule has 1 N–H and O–H groups in total. The molecule has 2 aromatic carbocycles. The van der Waals surface area contributed by atoms with Crippen LogP contribution in [-0.2, 0) is 17.9 Å². The summed E-state index contributed by atoms with van der Waals surface area (Å²) in [5, 5.41) is 5.22.